The molecule has 2 amide bonds. The molecule has 3 rings (SSSR count). The Labute approximate surface area is 156 Å². The molecule has 26 heavy (non-hydrogen) atoms. The van der Waals surface area contributed by atoms with Crippen LogP contribution >= 0.6 is 0 Å². The summed E-state index contributed by atoms with van der Waals surface area (Å²) < 4.78 is 0. The van der Waals surface area contributed by atoms with Crippen LogP contribution in [0.25, 0.3) is 0 Å². The number of benzene rings is 1. The average molecular weight is 358 g/mol. The number of amides is 2. The summed E-state index contributed by atoms with van der Waals surface area (Å²) in [6.07, 6.45) is 1.79. The summed E-state index contributed by atoms with van der Waals surface area (Å²) in [6.45, 7) is 9.44. The lowest BCUT2D eigenvalue weighted by Gasteiger charge is -2.55. The lowest BCUT2D eigenvalue weighted by molar-refractivity contribution is -0.156. The highest BCUT2D eigenvalue weighted by Gasteiger charge is 2.50. The predicted octanol–water partition coefficient (Wildman–Crippen LogP) is 2.61. The van der Waals surface area contributed by atoms with E-state index in [2.05, 4.69) is 0 Å². The van der Waals surface area contributed by atoms with Gasteiger partial charge in [0.2, 0.25) is 5.91 Å². The van der Waals surface area contributed by atoms with E-state index in [1.807, 2.05) is 54.8 Å². The van der Waals surface area contributed by atoms with E-state index in [0.717, 1.165) is 24.0 Å². The standard InChI is InChI=1S/C21H30N2O3/c1-15-6-5-7-17(12-15)19(26)22-10-8-21(9-11-22)13-18(25)20(3,4)23(14-21)16(2)24/h5-7,12,18,25H,8-11,13-14H2,1-4H3/t18-/m0/s1. The lowest BCUT2D eigenvalue weighted by Crippen LogP contribution is -2.64. The Morgan fingerprint density at radius 3 is 2.42 bits per heavy atom. The van der Waals surface area contributed by atoms with Gasteiger partial charge in [-0.05, 0) is 57.6 Å². The largest absolute Gasteiger partial charge is 0.391 e. The van der Waals surface area contributed by atoms with E-state index in [9.17, 15) is 14.7 Å². The molecule has 2 aliphatic heterocycles. The van der Waals surface area contributed by atoms with Gasteiger partial charge in [-0.25, -0.2) is 0 Å². The second-order valence-corrected chi connectivity index (χ2v) is 8.64. The molecule has 5 nitrogen and oxygen atoms in total. The molecule has 142 valence electrons. The van der Waals surface area contributed by atoms with Gasteiger partial charge < -0.3 is 14.9 Å². The summed E-state index contributed by atoms with van der Waals surface area (Å²) >= 11 is 0. The first-order chi connectivity index (χ1) is 12.1. The van der Waals surface area contributed by atoms with E-state index in [1.165, 1.54) is 0 Å². The minimum Gasteiger partial charge on any atom is -0.391 e. The Morgan fingerprint density at radius 1 is 1.19 bits per heavy atom. The molecule has 0 bridgehead atoms. The van der Waals surface area contributed by atoms with Crippen LogP contribution in [0, 0.1) is 12.3 Å². The highest BCUT2D eigenvalue weighted by molar-refractivity contribution is 5.94. The second kappa shape index (κ2) is 6.69. The van der Waals surface area contributed by atoms with Crippen molar-refractivity contribution in [2.75, 3.05) is 19.6 Å². The molecule has 0 aromatic heterocycles. The fraction of sp³-hybridized carbons (Fsp3) is 0.619. The zero-order chi connectivity index (χ0) is 19.1. The zero-order valence-corrected chi connectivity index (χ0v) is 16.3. The summed E-state index contributed by atoms with van der Waals surface area (Å²) in [5.74, 6) is 0.0788. The van der Waals surface area contributed by atoms with E-state index in [4.69, 9.17) is 0 Å². The first-order valence-corrected chi connectivity index (χ1v) is 9.47. The van der Waals surface area contributed by atoms with Gasteiger partial charge in [0, 0.05) is 32.1 Å². The van der Waals surface area contributed by atoms with Crippen LogP contribution < -0.4 is 0 Å². The van der Waals surface area contributed by atoms with Crippen LogP contribution in [-0.2, 0) is 4.79 Å². The molecule has 1 atom stereocenters. The molecule has 1 spiro atoms. The SMILES string of the molecule is CC(=O)N1CC2(CCN(C(=O)c3cccc(C)c3)CC2)C[C@H](O)C1(C)C. The van der Waals surface area contributed by atoms with Crippen molar-refractivity contribution >= 4 is 11.8 Å². The van der Waals surface area contributed by atoms with Crippen molar-refractivity contribution in [3.8, 4) is 0 Å². The van der Waals surface area contributed by atoms with Crippen molar-refractivity contribution in [1.29, 1.82) is 0 Å². The highest BCUT2D eigenvalue weighted by atomic mass is 16.3. The summed E-state index contributed by atoms with van der Waals surface area (Å²) in [4.78, 5) is 28.6. The van der Waals surface area contributed by atoms with Crippen LogP contribution in [0.5, 0.6) is 0 Å². The Kier molecular flexibility index (Phi) is 4.86. The zero-order valence-electron chi connectivity index (χ0n) is 16.3. The van der Waals surface area contributed by atoms with Gasteiger partial charge in [0.1, 0.15) is 0 Å². The number of hydrogen-bond donors (Lipinski definition) is 1. The maximum Gasteiger partial charge on any atom is 0.253 e. The van der Waals surface area contributed by atoms with Crippen molar-refractivity contribution in [3.63, 3.8) is 0 Å². The molecular formula is C21H30N2O3. The second-order valence-electron chi connectivity index (χ2n) is 8.64. The number of hydrogen-bond acceptors (Lipinski definition) is 3. The van der Waals surface area contributed by atoms with Crippen molar-refractivity contribution in [2.45, 2.75) is 58.6 Å². The Bertz CT molecular complexity index is 705. The van der Waals surface area contributed by atoms with Gasteiger partial charge in [0.15, 0.2) is 0 Å². The van der Waals surface area contributed by atoms with Crippen LogP contribution in [-0.4, -0.2) is 58.0 Å². The summed E-state index contributed by atoms with van der Waals surface area (Å²) in [5, 5.41) is 10.7. The van der Waals surface area contributed by atoms with E-state index in [0.29, 0.717) is 26.1 Å². The molecule has 1 aromatic carbocycles. The molecule has 2 saturated heterocycles. The molecule has 2 fully saturated rings. The fourth-order valence-corrected chi connectivity index (χ4v) is 4.47. The number of rotatable bonds is 1. The van der Waals surface area contributed by atoms with Crippen molar-refractivity contribution in [3.05, 3.63) is 35.4 Å². The predicted molar refractivity (Wildman–Crippen MR) is 101 cm³/mol. The number of carbonyl (C=O) groups is 2. The number of carbonyl (C=O) groups excluding carboxylic acids is 2. The maximum absolute atomic E-state index is 12.8. The van der Waals surface area contributed by atoms with Gasteiger partial charge in [-0.2, -0.15) is 0 Å². The summed E-state index contributed by atoms with van der Waals surface area (Å²) in [7, 11) is 0. The van der Waals surface area contributed by atoms with E-state index in [-0.39, 0.29) is 17.2 Å². The molecule has 0 aliphatic carbocycles. The molecule has 0 radical (unpaired) electrons. The maximum atomic E-state index is 12.8. The van der Waals surface area contributed by atoms with Crippen LogP contribution in [0.3, 0.4) is 0 Å². The van der Waals surface area contributed by atoms with Crippen LogP contribution in [0.15, 0.2) is 24.3 Å². The van der Waals surface area contributed by atoms with E-state index < -0.39 is 11.6 Å². The van der Waals surface area contributed by atoms with Crippen molar-refractivity contribution < 1.29 is 14.7 Å². The third-order valence-electron chi connectivity index (χ3n) is 6.39. The molecular weight excluding hydrogens is 328 g/mol. The van der Waals surface area contributed by atoms with Gasteiger partial charge >= 0.3 is 0 Å². The number of piperidine rings is 2. The molecule has 0 unspecified atom stereocenters. The quantitative estimate of drug-likeness (QED) is 0.839. The fourth-order valence-electron chi connectivity index (χ4n) is 4.47. The monoisotopic (exact) mass is 358 g/mol. The normalized spacial score (nSPS) is 24.6. The molecule has 2 aliphatic rings. The topological polar surface area (TPSA) is 60.9 Å². The molecule has 2 heterocycles. The van der Waals surface area contributed by atoms with Crippen LogP contribution in [0.1, 0.15) is 56.0 Å². The molecule has 5 heteroatoms. The number of aliphatic hydroxyl groups excluding tert-OH is 1. The third kappa shape index (κ3) is 3.37. The van der Waals surface area contributed by atoms with Gasteiger partial charge in [-0.1, -0.05) is 17.7 Å². The average Bonchev–Trinajstić information content (AvgIpc) is 2.58. The molecule has 0 saturated carbocycles. The van der Waals surface area contributed by atoms with Crippen molar-refractivity contribution in [2.24, 2.45) is 5.41 Å². The van der Waals surface area contributed by atoms with Crippen LogP contribution in [0.4, 0.5) is 0 Å². The lowest BCUT2D eigenvalue weighted by atomic mass is 9.67. The number of aliphatic hydroxyl groups is 1. The molecule has 1 aromatic rings. The minimum absolute atomic E-state index is 0.00592. The smallest absolute Gasteiger partial charge is 0.253 e. The number of nitrogens with zero attached hydrogens (tertiary/aromatic N) is 2. The first kappa shape index (κ1) is 18.9. The highest BCUT2D eigenvalue weighted by Crippen LogP contribution is 2.45. The Hall–Kier alpha value is -1.88. The van der Waals surface area contributed by atoms with Gasteiger partial charge in [-0.15, -0.1) is 0 Å². The third-order valence-corrected chi connectivity index (χ3v) is 6.39. The van der Waals surface area contributed by atoms with Gasteiger partial charge in [0.05, 0.1) is 11.6 Å². The van der Waals surface area contributed by atoms with Gasteiger partial charge in [-0.3, -0.25) is 9.59 Å². The number of likely N-dealkylation sites (tertiary alicyclic amines) is 2. The van der Waals surface area contributed by atoms with E-state index >= 15 is 0 Å². The molecule has 1 N–H and O–H groups in total. The Balaban J connectivity index is 1.71. The number of aryl methyl sites for hydroxylation is 1. The van der Waals surface area contributed by atoms with Crippen molar-refractivity contribution in [1.82, 2.24) is 9.80 Å². The Morgan fingerprint density at radius 2 is 1.85 bits per heavy atom. The van der Waals surface area contributed by atoms with Gasteiger partial charge in [0.25, 0.3) is 5.91 Å². The summed E-state index contributed by atoms with van der Waals surface area (Å²) in [6, 6.07) is 7.70. The van der Waals surface area contributed by atoms with E-state index in [1.54, 1.807) is 6.92 Å². The first-order valence-electron chi connectivity index (χ1n) is 9.47. The summed E-state index contributed by atoms with van der Waals surface area (Å²) in [5.41, 5.74) is 1.19. The minimum atomic E-state index is -0.542. The van der Waals surface area contributed by atoms with Crippen LogP contribution in [0.2, 0.25) is 0 Å².